The summed E-state index contributed by atoms with van der Waals surface area (Å²) in [5.74, 6) is 0.333. The Morgan fingerprint density at radius 1 is 1.17 bits per heavy atom. The number of furan rings is 1. The molecule has 0 fully saturated rings. The maximum absolute atomic E-state index is 12.9. The highest BCUT2D eigenvalue weighted by molar-refractivity contribution is 7.83. The van der Waals surface area contributed by atoms with E-state index in [4.69, 9.17) is 9.15 Å². The molecule has 0 aliphatic heterocycles. The first-order valence-electron chi connectivity index (χ1n) is 9.50. The Balaban J connectivity index is 1.86. The monoisotopic (exact) mass is 414 g/mol. The van der Waals surface area contributed by atoms with Crippen LogP contribution in [0.4, 0.5) is 5.69 Å². The molecule has 0 saturated carbocycles. The number of nitrogens with one attached hydrogen (secondary N) is 1. The molecular formula is C22H26N2O4S. The molecule has 3 aromatic rings. The molecule has 1 amide bonds. The van der Waals surface area contributed by atoms with E-state index in [1.165, 1.54) is 0 Å². The second kappa shape index (κ2) is 8.69. The van der Waals surface area contributed by atoms with Crippen molar-refractivity contribution in [2.45, 2.75) is 31.6 Å². The maximum atomic E-state index is 12.9. The first-order valence-corrected chi connectivity index (χ1v) is 10.7. The summed E-state index contributed by atoms with van der Waals surface area (Å²) in [5, 5.41) is 0.809. The summed E-state index contributed by atoms with van der Waals surface area (Å²) < 4.78 is 26.7. The smallest absolute Gasteiger partial charge is 0.298 e. The van der Waals surface area contributed by atoms with Gasteiger partial charge in [0.2, 0.25) is 0 Å². The Hall–Kier alpha value is -2.80. The first-order chi connectivity index (χ1) is 13.8. The fourth-order valence-electron chi connectivity index (χ4n) is 2.90. The van der Waals surface area contributed by atoms with Gasteiger partial charge in [-0.2, -0.15) is 0 Å². The zero-order valence-corrected chi connectivity index (χ0v) is 18.1. The summed E-state index contributed by atoms with van der Waals surface area (Å²) in [6, 6.07) is 12.9. The molecule has 3 rings (SSSR count). The minimum atomic E-state index is -1.78. The number of fused-ring (bicyclic) bond motifs is 1. The van der Waals surface area contributed by atoms with Gasteiger partial charge in [0.05, 0.1) is 6.61 Å². The molecule has 6 nitrogen and oxygen atoms in total. The van der Waals surface area contributed by atoms with E-state index in [0.29, 0.717) is 22.8 Å². The van der Waals surface area contributed by atoms with Gasteiger partial charge < -0.3 is 14.1 Å². The van der Waals surface area contributed by atoms with Crippen molar-refractivity contribution in [2.24, 2.45) is 0 Å². The number of carbonyl (C=O) groups excluding carboxylic acids is 1. The second-order valence-electron chi connectivity index (χ2n) is 7.22. The average Bonchev–Trinajstić information content (AvgIpc) is 3.11. The highest BCUT2D eigenvalue weighted by atomic mass is 32.2. The third-order valence-corrected chi connectivity index (χ3v) is 5.65. The molecule has 2 aromatic carbocycles. The van der Waals surface area contributed by atoms with Gasteiger partial charge in [-0.1, -0.05) is 19.9 Å². The van der Waals surface area contributed by atoms with Crippen LogP contribution in [0, 0.1) is 0 Å². The van der Waals surface area contributed by atoms with Crippen molar-refractivity contribution in [1.82, 2.24) is 4.72 Å². The summed E-state index contributed by atoms with van der Waals surface area (Å²) in [6.07, 6.45) is 0. The summed E-state index contributed by atoms with van der Waals surface area (Å²) in [7, 11) is 2.09. The zero-order valence-electron chi connectivity index (χ0n) is 17.3. The van der Waals surface area contributed by atoms with Crippen LogP contribution in [0.15, 0.2) is 51.8 Å². The number of nitrogens with zero attached hydrogens (tertiary/aromatic N) is 1. The standard InChI is InChI=1S/C22H26N2O4S/c1-6-27-18-10-8-15(14(2)3)12-21(18)29(26)23-22(25)20-11-16-7-9-17(24(4)5)13-19(16)28-20/h7-14H,6H2,1-5H3,(H,23,25). The van der Waals surface area contributed by atoms with Gasteiger partial charge in [-0.15, -0.1) is 0 Å². The average molecular weight is 415 g/mol. The van der Waals surface area contributed by atoms with E-state index in [2.05, 4.69) is 18.6 Å². The molecule has 7 heteroatoms. The van der Waals surface area contributed by atoms with Gasteiger partial charge in [0.25, 0.3) is 5.91 Å². The lowest BCUT2D eigenvalue weighted by Crippen LogP contribution is -2.25. The number of ether oxygens (including phenoxy) is 1. The molecule has 1 unspecified atom stereocenters. The number of anilines is 1. The number of rotatable bonds is 7. The SMILES string of the molecule is CCOc1ccc(C(C)C)cc1S(=O)NC(=O)c1cc2ccc(N(C)C)cc2o1. The molecule has 1 aromatic heterocycles. The molecule has 29 heavy (non-hydrogen) atoms. The molecule has 1 N–H and O–H groups in total. The van der Waals surface area contributed by atoms with E-state index in [1.54, 1.807) is 12.1 Å². The molecule has 1 heterocycles. The third kappa shape index (κ3) is 4.62. The van der Waals surface area contributed by atoms with Crippen LogP contribution in [0.1, 0.15) is 42.8 Å². The largest absolute Gasteiger partial charge is 0.493 e. The van der Waals surface area contributed by atoms with Gasteiger partial charge in [0.1, 0.15) is 16.2 Å². The summed E-state index contributed by atoms with van der Waals surface area (Å²) >= 11 is 0. The van der Waals surface area contributed by atoms with Gasteiger partial charge in [0.15, 0.2) is 16.7 Å². The number of hydrogen-bond acceptors (Lipinski definition) is 5. The molecule has 0 spiro atoms. The fourth-order valence-corrected chi connectivity index (χ4v) is 3.83. The van der Waals surface area contributed by atoms with Gasteiger partial charge in [0, 0.05) is 31.2 Å². The van der Waals surface area contributed by atoms with Gasteiger partial charge in [-0.25, -0.2) is 4.21 Å². The van der Waals surface area contributed by atoms with Crippen molar-refractivity contribution in [3.63, 3.8) is 0 Å². The van der Waals surface area contributed by atoms with E-state index in [-0.39, 0.29) is 11.7 Å². The Morgan fingerprint density at radius 3 is 2.59 bits per heavy atom. The number of hydrogen-bond donors (Lipinski definition) is 1. The van der Waals surface area contributed by atoms with Crippen molar-refractivity contribution < 1.29 is 18.2 Å². The molecule has 1 atom stereocenters. The van der Waals surface area contributed by atoms with Crippen LogP contribution in [0.5, 0.6) is 5.75 Å². The second-order valence-corrected chi connectivity index (χ2v) is 8.40. The van der Waals surface area contributed by atoms with E-state index in [0.717, 1.165) is 16.6 Å². The van der Waals surface area contributed by atoms with Gasteiger partial charge >= 0.3 is 0 Å². The lowest BCUT2D eigenvalue weighted by molar-refractivity contribution is 0.0958. The first kappa shape index (κ1) is 20.9. The molecule has 0 aliphatic rings. The topological polar surface area (TPSA) is 71.8 Å². The van der Waals surface area contributed by atoms with Crippen molar-refractivity contribution in [2.75, 3.05) is 25.6 Å². The molecule has 0 aliphatic carbocycles. The van der Waals surface area contributed by atoms with Crippen LogP contribution >= 0.6 is 0 Å². The van der Waals surface area contributed by atoms with E-state index in [1.807, 2.05) is 56.3 Å². The molecular weight excluding hydrogens is 388 g/mol. The zero-order chi connectivity index (χ0) is 21.1. The Bertz CT molecular complexity index is 1060. The Labute approximate surface area is 173 Å². The quantitative estimate of drug-likeness (QED) is 0.617. The minimum Gasteiger partial charge on any atom is -0.493 e. The predicted octanol–water partition coefficient (Wildman–Crippen LogP) is 4.47. The van der Waals surface area contributed by atoms with Crippen LogP contribution in [-0.4, -0.2) is 30.8 Å². The van der Waals surface area contributed by atoms with Crippen LogP contribution in [0.3, 0.4) is 0 Å². The summed E-state index contributed by atoms with van der Waals surface area (Å²) in [6.45, 7) is 6.41. The molecule has 0 saturated heterocycles. The lowest BCUT2D eigenvalue weighted by atomic mass is 10.0. The normalized spacial score (nSPS) is 12.2. The number of benzene rings is 2. The molecule has 0 bridgehead atoms. The maximum Gasteiger partial charge on any atom is 0.298 e. The lowest BCUT2D eigenvalue weighted by Gasteiger charge is -2.13. The molecule has 154 valence electrons. The van der Waals surface area contributed by atoms with E-state index in [9.17, 15) is 9.00 Å². The van der Waals surface area contributed by atoms with Crippen molar-refractivity contribution in [3.05, 3.63) is 53.8 Å². The summed E-state index contributed by atoms with van der Waals surface area (Å²) in [4.78, 5) is 15.0. The van der Waals surface area contributed by atoms with Crippen molar-refractivity contribution in [1.29, 1.82) is 0 Å². The van der Waals surface area contributed by atoms with Crippen LogP contribution < -0.4 is 14.4 Å². The predicted molar refractivity (Wildman–Crippen MR) is 116 cm³/mol. The highest BCUT2D eigenvalue weighted by Crippen LogP contribution is 2.28. The van der Waals surface area contributed by atoms with Gasteiger partial charge in [-0.3, -0.25) is 9.52 Å². The number of carbonyl (C=O) groups is 1. The Morgan fingerprint density at radius 2 is 1.93 bits per heavy atom. The molecule has 0 radical (unpaired) electrons. The van der Waals surface area contributed by atoms with Crippen LogP contribution in [0.2, 0.25) is 0 Å². The minimum absolute atomic E-state index is 0.113. The third-order valence-electron chi connectivity index (χ3n) is 4.56. The van der Waals surface area contributed by atoms with Crippen LogP contribution in [0.25, 0.3) is 11.0 Å². The van der Waals surface area contributed by atoms with Gasteiger partial charge in [-0.05, 0) is 48.7 Å². The fraction of sp³-hybridized carbons (Fsp3) is 0.318. The Kier molecular flexibility index (Phi) is 6.27. The van der Waals surface area contributed by atoms with Crippen molar-refractivity contribution >= 4 is 33.5 Å². The highest BCUT2D eigenvalue weighted by Gasteiger charge is 2.19. The van der Waals surface area contributed by atoms with Crippen molar-refractivity contribution in [3.8, 4) is 5.75 Å². The van der Waals surface area contributed by atoms with E-state index >= 15 is 0 Å². The number of amides is 1. The van der Waals surface area contributed by atoms with Crippen LogP contribution in [-0.2, 0) is 11.0 Å². The summed E-state index contributed by atoms with van der Waals surface area (Å²) in [5.41, 5.74) is 2.59. The van der Waals surface area contributed by atoms with E-state index < -0.39 is 16.9 Å².